The highest BCUT2D eigenvalue weighted by Crippen LogP contribution is 2.22. The first-order valence-corrected chi connectivity index (χ1v) is 6.17. The van der Waals surface area contributed by atoms with Crippen LogP contribution in [-0.2, 0) is 9.59 Å². The van der Waals surface area contributed by atoms with E-state index in [4.69, 9.17) is 4.52 Å². The topological polar surface area (TPSA) is 84.2 Å². The Morgan fingerprint density at radius 1 is 1.61 bits per heavy atom. The minimum Gasteiger partial charge on any atom is -0.342 e. The molecule has 0 saturated carbocycles. The van der Waals surface area contributed by atoms with Crippen LogP contribution in [0.4, 0.5) is 5.88 Å². The summed E-state index contributed by atoms with van der Waals surface area (Å²) < 4.78 is 5.14. The third-order valence-electron chi connectivity index (χ3n) is 3.20. The molecule has 1 aromatic heterocycles. The summed E-state index contributed by atoms with van der Waals surface area (Å²) in [5, 5.41) is 9.20. The average molecular weight is 251 g/mol. The molecule has 0 radical (unpaired) electrons. The van der Waals surface area contributed by atoms with Gasteiger partial charge in [0.2, 0.25) is 17.7 Å². The Kier molecular flexibility index (Phi) is 3.64. The van der Waals surface area contributed by atoms with Crippen molar-refractivity contribution in [3.8, 4) is 0 Å². The summed E-state index contributed by atoms with van der Waals surface area (Å²) in [6, 6.07) is 1.37. The molecule has 0 aromatic carbocycles. The van der Waals surface area contributed by atoms with Crippen LogP contribution in [0.25, 0.3) is 0 Å². The van der Waals surface area contributed by atoms with E-state index in [0.717, 1.165) is 12.1 Å². The van der Waals surface area contributed by atoms with Crippen molar-refractivity contribution < 1.29 is 14.1 Å². The van der Waals surface area contributed by atoms with Crippen molar-refractivity contribution >= 4 is 17.7 Å². The Labute approximate surface area is 105 Å². The molecule has 2 heterocycles. The third kappa shape index (κ3) is 2.69. The molecule has 0 spiro atoms. The summed E-state index contributed by atoms with van der Waals surface area (Å²) in [4.78, 5) is 22.6. The minimum absolute atomic E-state index is 0.226. The van der Waals surface area contributed by atoms with Crippen LogP contribution in [0.15, 0.2) is 10.6 Å². The zero-order valence-electron chi connectivity index (χ0n) is 10.5. The number of amides is 2. The normalized spacial score (nSPS) is 21.6. The fourth-order valence-corrected chi connectivity index (χ4v) is 1.80. The van der Waals surface area contributed by atoms with Crippen LogP contribution in [0.3, 0.4) is 0 Å². The largest absolute Gasteiger partial charge is 0.342 e. The Hall–Kier alpha value is -1.85. The van der Waals surface area contributed by atoms with Crippen molar-refractivity contribution in [2.75, 3.05) is 5.32 Å². The quantitative estimate of drug-likeness (QED) is 0.790. The van der Waals surface area contributed by atoms with E-state index in [1.54, 1.807) is 6.07 Å². The third-order valence-corrected chi connectivity index (χ3v) is 3.20. The summed E-state index contributed by atoms with van der Waals surface area (Å²) in [5.41, 5.74) is 0.868. The van der Waals surface area contributed by atoms with Gasteiger partial charge in [0.15, 0.2) is 0 Å². The fourth-order valence-electron chi connectivity index (χ4n) is 1.80. The van der Waals surface area contributed by atoms with Gasteiger partial charge in [-0.3, -0.25) is 14.9 Å². The SMILES string of the molecule is CCC(C)c1cc(NC2CCC(=O)NC2=O)on1. The fraction of sp³-hybridized carbons (Fsp3) is 0.583. The van der Waals surface area contributed by atoms with Gasteiger partial charge in [0, 0.05) is 18.4 Å². The predicted octanol–water partition coefficient (Wildman–Crippen LogP) is 1.41. The second-order valence-corrected chi connectivity index (χ2v) is 4.57. The van der Waals surface area contributed by atoms with E-state index in [1.165, 1.54) is 0 Å². The standard InChI is InChI=1S/C12H17N3O3/c1-3-7(2)9-6-11(18-15-9)13-8-4-5-10(16)14-12(8)17/h6-8,13H,3-5H2,1-2H3,(H,14,16,17). The number of hydrogen-bond acceptors (Lipinski definition) is 5. The van der Waals surface area contributed by atoms with E-state index in [9.17, 15) is 9.59 Å². The number of nitrogens with one attached hydrogen (secondary N) is 2. The average Bonchev–Trinajstić information content (AvgIpc) is 2.80. The monoisotopic (exact) mass is 251 g/mol. The van der Waals surface area contributed by atoms with Crippen molar-refractivity contribution in [2.45, 2.75) is 45.1 Å². The molecule has 1 saturated heterocycles. The van der Waals surface area contributed by atoms with E-state index in [-0.39, 0.29) is 11.8 Å². The number of anilines is 1. The van der Waals surface area contributed by atoms with Gasteiger partial charge in [-0.05, 0) is 12.8 Å². The lowest BCUT2D eigenvalue weighted by atomic mass is 10.1. The summed E-state index contributed by atoms with van der Waals surface area (Å²) >= 11 is 0. The minimum atomic E-state index is -0.430. The van der Waals surface area contributed by atoms with Crippen molar-refractivity contribution in [2.24, 2.45) is 0 Å². The lowest BCUT2D eigenvalue weighted by Crippen LogP contribution is -2.47. The number of aromatic nitrogens is 1. The number of rotatable bonds is 4. The van der Waals surface area contributed by atoms with Crippen molar-refractivity contribution in [1.82, 2.24) is 10.5 Å². The van der Waals surface area contributed by atoms with Crippen LogP contribution in [-0.4, -0.2) is 23.0 Å². The Bertz CT molecular complexity index is 455. The maximum absolute atomic E-state index is 11.5. The highest BCUT2D eigenvalue weighted by atomic mass is 16.5. The van der Waals surface area contributed by atoms with Crippen LogP contribution in [0.1, 0.15) is 44.7 Å². The van der Waals surface area contributed by atoms with E-state index >= 15 is 0 Å². The Balaban J connectivity index is 1.99. The lowest BCUT2D eigenvalue weighted by Gasteiger charge is -2.20. The highest BCUT2D eigenvalue weighted by molar-refractivity contribution is 6.01. The van der Waals surface area contributed by atoms with Gasteiger partial charge in [0.25, 0.3) is 0 Å². The van der Waals surface area contributed by atoms with Gasteiger partial charge in [0.05, 0.1) is 5.69 Å². The summed E-state index contributed by atoms with van der Waals surface area (Å²) in [6.07, 6.45) is 1.80. The van der Waals surface area contributed by atoms with Crippen LogP contribution in [0, 0.1) is 0 Å². The number of carbonyl (C=O) groups excluding carboxylic acids is 2. The van der Waals surface area contributed by atoms with Gasteiger partial charge in [-0.25, -0.2) is 0 Å². The Morgan fingerprint density at radius 2 is 2.39 bits per heavy atom. The van der Waals surface area contributed by atoms with E-state index in [0.29, 0.717) is 24.6 Å². The van der Waals surface area contributed by atoms with Crippen molar-refractivity contribution in [1.29, 1.82) is 0 Å². The molecule has 1 aliphatic rings. The van der Waals surface area contributed by atoms with Crippen LogP contribution in [0.2, 0.25) is 0 Å². The number of nitrogens with zero attached hydrogens (tertiary/aromatic N) is 1. The summed E-state index contributed by atoms with van der Waals surface area (Å²) in [6.45, 7) is 4.14. The van der Waals surface area contributed by atoms with Gasteiger partial charge in [-0.1, -0.05) is 19.0 Å². The molecule has 2 N–H and O–H groups in total. The number of imide groups is 1. The second-order valence-electron chi connectivity index (χ2n) is 4.57. The van der Waals surface area contributed by atoms with E-state index < -0.39 is 6.04 Å². The molecule has 2 atom stereocenters. The maximum Gasteiger partial charge on any atom is 0.249 e. The number of carbonyl (C=O) groups is 2. The first-order chi connectivity index (χ1) is 8.60. The zero-order valence-corrected chi connectivity index (χ0v) is 10.5. The first-order valence-electron chi connectivity index (χ1n) is 6.17. The number of hydrogen-bond donors (Lipinski definition) is 2. The smallest absolute Gasteiger partial charge is 0.249 e. The molecule has 1 fully saturated rings. The molecular weight excluding hydrogens is 234 g/mol. The molecule has 6 nitrogen and oxygen atoms in total. The van der Waals surface area contributed by atoms with Crippen LogP contribution < -0.4 is 10.6 Å². The molecular formula is C12H17N3O3. The highest BCUT2D eigenvalue weighted by Gasteiger charge is 2.27. The van der Waals surface area contributed by atoms with Crippen molar-refractivity contribution in [3.63, 3.8) is 0 Å². The van der Waals surface area contributed by atoms with Gasteiger partial charge in [0.1, 0.15) is 6.04 Å². The molecule has 0 bridgehead atoms. The lowest BCUT2D eigenvalue weighted by molar-refractivity contribution is -0.133. The van der Waals surface area contributed by atoms with E-state index in [1.807, 2.05) is 0 Å². The van der Waals surface area contributed by atoms with E-state index in [2.05, 4.69) is 29.6 Å². The molecule has 1 aromatic rings. The van der Waals surface area contributed by atoms with Crippen LogP contribution in [0.5, 0.6) is 0 Å². The second kappa shape index (κ2) is 5.20. The molecule has 0 aliphatic carbocycles. The molecule has 2 rings (SSSR count). The molecule has 2 amide bonds. The van der Waals surface area contributed by atoms with Gasteiger partial charge < -0.3 is 9.84 Å². The number of piperidine rings is 1. The molecule has 2 unspecified atom stereocenters. The molecule has 18 heavy (non-hydrogen) atoms. The zero-order chi connectivity index (χ0) is 13.1. The van der Waals surface area contributed by atoms with Gasteiger partial charge in [-0.15, -0.1) is 0 Å². The molecule has 6 heteroatoms. The van der Waals surface area contributed by atoms with Gasteiger partial charge >= 0.3 is 0 Å². The van der Waals surface area contributed by atoms with Gasteiger partial charge in [-0.2, -0.15) is 0 Å². The first kappa shape index (κ1) is 12.6. The predicted molar refractivity (Wildman–Crippen MR) is 65.0 cm³/mol. The van der Waals surface area contributed by atoms with Crippen molar-refractivity contribution in [3.05, 3.63) is 11.8 Å². The molecule has 1 aliphatic heterocycles. The van der Waals surface area contributed by atoms with Crippen LogP contribution >= 0.6 is 0 Å². The summed E-state index contributed by atoms with van der Waals surface area (Å²) in [7, 11) is 0. The maximum atomic E-state index is 11.5. The Morgan fingerprint density at radius 3 is 3.06 bits per heavy atom. The molecule has 98 valence electrons. The summed E-state index contributed by atoms with van der Waals surface area (Å²) in [5.74, 6) is 0.259.